The summed E-state index contributed by atoms with van der Waals surface area (Å²) in [6.07, 6.45) is 1.68. The Morgan fingerprint density at radius 3 is 2.89 bits per heavy atom. The number of ether oxygens (including phenoxy) is 1. The van der Waals surface area contributed by atoms with Crippen molar-refractivity contribution in [1.82, 2.24) is 15.0 Å². The first kappa shape index (κ1) is 11.0. The number of H-pyrrole nitrogens is 1. The van der Waals surface area contributed by atoms with Crippen molar-refractivity contribution in [3.63, 3.8) is 0 Å². The highest BCUT2D eigenvalue weighted by Gasteiger charge is 2.12. The van der Waals surface area contributed by atoms with Crippen molar-refractivity contribution in [2.75, 3.05) is 7.11 Å². The minimum Gasteiger partial charge on any atom is -0.480 e. The molecule has 3 rings (SSSR count). The van der Waals surface area contributed by atoms with Crippen LogP contribution in [0.2, 0.25) is 5.02 Å². The second kappa shape index (κ2) is 4.31. The quantitative estimate of drug-likeness (QED) is 0.768. The molecular formula is C13H10ClN3O. The molecule has 1 N–H and O–H groups in total. The van der Waals surface area contributed by atoms with Crippen molar-refractivity contribution < 1.29 is 4.74 Å². The van der Waals surface area contributed by atoms with Gasteiger partial charge in [0.1, 0.15) is 11.3 Å². The third-order valence-electron chi connectivity index (χ3n) is 2.68. The molecule has 0 unspecified atom stereocenters. The molecule has 0 radical (unpaired) electrons. The number of hydrogen-bond acceptors (Lipinski definition) is 3. The Balaban J connectivity index is 2.23. The van der Waals surface area contributed by atoms with Gasteiger partial charge >= 0.3 is 0 Å². The predicted molar refractivity (Wildman–Crippen MR) is 70.9 cm³/mol. The number of aromatic nitrogens is 3. The van der Waals surface area contributed by atoms with E-state index < -0.39 is 0 Å². The van der Waals surface area contributed by atoms with Crippen molar-refractivity contribution >= 4 is 22.6 Å². The minimum atomic E-state index is 0.535. The van der Waals surface area contributed by atoms with E-state index in [1.54, 1.807) is 13.3 Å². The SMILES string of the molecule is COc1ncccc1-c1nc2c(Cl)cccc2[nH]1. The topological polar surface area (TPSA) is 50.8 Å². The van der Waals surface area contributed by atoms with E-state index in [1.807, 2.05) is 30.3 Å². The number of hydrogen-bond donors (Lipinski definition) is 1. The average Bonchev–Trinajstić information content (AvgIpc) is 2.84. The second-order valence-corrected chi connectivity index (χ2v) is 4.19. The molecule has 0 atom stereocenters. The van der Waals surface area contributed by atoms with Crippen LogP contribution in [0.15, 0.2) is 36.5 Å². The van der Waals surface area contributed by atoms with Gasteiger partial charge in [0, 0.05) is 6.20 Å². The fraction of sp³-hybridized carbons (Fsp3) is 0.0769. The van der Waals surface area contributed by atoms with Gasteiger partial charge in [0.05, 0.1) is 23.2 Å². The average molecular weight is 260 g/mol. The van der Waals surface area contributed by atoms with E-state index >= 15 is 0 Å². The number of rotatable bonds is 2. The van der Waals surface area contributed by atoms with Gasteiger partial charge in [-0.1, -0.05) is 17.7 Å². The van der Waals surface area contributed by atoms with Crippen molar-refractivity contribution in [1.29, 1.82) is 0 Å². The lowest BCUT2D eigenvalue weighted by atomic mass is 10.2. The van der Waals surface area contributed by atoms with E-state index in [0.717, 1.165) is 16.6 Å². The first-order chi connectivity index (χ1) is 8.79. The third kappa shape index (κ3) is 1.71. The van der Waals surface area contributed by atoms with Gasteiger partial charge in [-0.2, -0.15) is 0 Å². The summed E-state index contributed by atoms with van der Waals surface area (Å²) in [7, 11) is 1.58. The van der Waals surface area contributed by atoms with Crippen molar-refractivity contribution in [3.05, 3.63) is 41.6 Å². The molecule has 2 aromatic heterocycles. The number of imidazole rings is 1. The smallest absolute Gasteiger partial charge is 0.224 e. The Hall–Kier alpha value is -2.07. The molecule has 4 nitrogen and oxygen atoms in total. The predicted octanol–water partition coefficient (Wildman–Crippen LogP) is 3.29. The lowest BCUT2D eigenvalue weighted by Crippen LogP contribution is -1.91. The number of para-hydroxylation sites is 1. The van der Waals surface area contributed by atoms with Gasteiger partial charge in [-0.25, -0.2) is 9.97 Å². The summed E-state index contributed by atoms with van der Waals surface area (Å²) in [5.74, 6) is 1.23. The van der Waals surface area contributed by atoms with Crippen LogP contribution in [0, 0.1) is 0 Å². The molecule has 0 saturated carbocycles. The van der Waals surface area contributed by atoms with Crippen molar-refractivity contribution in [2.24, 2.45) is 0 Å². The van der Waals surface area contributed by atoms with Crippen LogP contribution in [-0.2, 0) is 0 Å². The molecule has 2 heterocycles. The first-order valence-corrected chi connectivity index (χ1v) is 5.81. The molecule has 90 valence electrons. The van der Waals surface area contributed by atoms with E-state index in [9.17, 15) is 0 Å². The summed E-state index contributed by atoms with van der Waals surface area (Å²) in [5, 5.41) is 0.623. The number of pyridine rings is 1. The minimum absolute atomic E-state index is 0.535. The Bertz CT molecular complexity index is 708. The molecule has 0 saturated heterocycles. The van der Waals surface area contributed by atoms with Crippen LogP contribution in [-0.4, -0.2) is 22.1 Å². The summed E-state index contributed by atoms with van der Waals surface area (Å²) >= 11 is 6.10. The Kier molecular flexibility index (Phi) is 2.64. The number of methoxy groups -OCH3 is 1. The number of halogens is 1. The molecule has 0 spiro atoms. The fourth-order valence-corrected chi connectivity index (χ4v) is 2.08. The molecule has 5 heteroatoms. The molecule has 0 aliphatic heterocycles. The summed E-state index contributed by atoms with van der Waals surface area (Å²) in [6, 6.07) is 9.37. The van der Waals surface area contributed by atoms with Crippen molar-refractivity contribution in [2.45, 2.75) is 0 Å². The molecule has 0 aliphatic rings. The van der Waals surface area contributed by atoms with E-state index in [1.165, 1.54) is 0 Å². The van der Waals surface area contributed by atoms with E-state index in [2.05, 4.69) is 15.0 Å². The largest absolute Gasteiger partial charge is 0.480 e. The summed E-state index contributed by atoms with van der Waals surface area (Å²) in [6.45, 7) is 0. The zero-order chi connectivity index (χ0) is 12.5. The van der Waals surface area contributed by atoms with Gasteiger partial charge in [0.25, 0.3) is 0 Å². The number of benzene rings is 1. The zero-order valence-corrected chi connectivity index (χ0v) is 10.4. The van der Waals surface area contributed by atoms with Crippen LogP contribution in [0.3, 0.4) is 0 Å². The molecule has 0 amide bonds. The van der Waals surface area contributed by atoms with Crippen LogP contribution in [0.5, 0.6) is 5.88 Å². The molecule has 0 bridgehead atoms. The number of aromatic amines is 1. The fourth-order valence-electron chi connectivity index (χ4n) is 1.86. The van der Waals surface area contributed by atoms with E-state index in [0.29, 0.717) is 16.7 Å². The van der Waals surface area contributed by atoms with Crippen molar-refractivity contribution in [3.8, 4) is 17.3 Å². The summed E-state index contributed by atoms with van der Waals surface area (Å²) in [5.41, 5.74) is 2.45. The molecule has 0 fully saturated rings. The lowest BCUT2D eigenvalue weighted by Gasteiger charge is -2.03. The molecule has 0 aliphatic carbocycles. The molecule has 3 aromatic rings. The highest BCUT2D eigenvalue weighted by Crippen LogP contribution is 2.29. The molecule has 1 aromatic carbocycles. The number of nitrogens with zero attached hydrogens (tertiary/aromatic N) is 2. The second-order valence-electron chi connectivity index (χ2n) is 3.78. The van der Waals surface area contributed by atoms with Gasteiger partial charge in [-0.3, -0.25) is 0 Å². The van der Waals surface area contributed by atoms with Crippen LogP contribution in [0.25, 0.3) is 22.4 Å². The van der Waals surface area contributed by atoms with Crippen LogP contribution in [0.1, 0.15) is 0 Å². The molecule has 18 heavy (non-hydrogen) atoms. The zero-order valence-electron chi connectivity index (χ0n) is 9.64. The molecular weight excluding hydrogens is 250 g/mol. The van der Waals surface area contributed by atoms with Crippen LogP contribution >= 0.6 is 11.6 Å². The maximum atomic E-state index is 6.10. The first-order valence-electron chi connectivity index (χ1n) is 5.43. The maximum Gasteiger partial charge on any atom is 0.224 e. The monoisotopic (exact) mass is 259 g/mol. The van der Waals surface area contributed by atoms with Gasteiger partial charge in [-0.05, 0) is 24.3 Å². The highest BCUT2D eigenvalue weighted by atomic mass is 35.5. The van der Waals surface area contributed by atoms with Gasteiger partial charge < -0.3 is 9.72 Å². The number of fused-ring (bicyclic) bond motifs is 1. The summed E-state index contributed by atoms with van der Waals surface area (Å²) in [4.78, 5) is 11.8. The van der Waals surface area contributed by atoms with Gasteiger partial charge in [0.15, 0.2) is 0 Å². The van der Waals surface area contributed by atoms with E-state index in [-0.39, 0.29) is 0 Å². The van der Waals surface area contributed by atoms with Crippen LogP contribution in [0.4, 0.5) is 0 Å². The maximum absolute atomic E-state index is 6.10. The summed E-state index contributed by atoms with van der Waals surface area (Å²) < 4.78 is 5.22. The Morgan fingerprint density at radius 1 is 1.22 bits per heavy atom. The standard InChI is InChI=1S/C13H10ClN3O/c1-18-13-8(4-3-7-15-13)12-16-10-6-2-5-9(14)11(10)17-12/h2-7H,1H3,(H,16,17). The third-order valence-corrected chi connectivity index (χ3v) is 2.99. The lowest BCUT2D eigenvalue weighted by molar-refractivity contribution is 0.399. The number of nitrogens with one attached hydrogen (secondary N) is 1. The van der Waals surface area contributed by atoms with Gasteiger partial charge in [0.2, 0.25) is 5.88 Å². The van der Waals surface area contributed by atoms with E-state index in [4.69, 9.17) is 16.3 Å². The Labute approximate surface area is 109 Å². The highest BCUT2D eigenvalue weighted by molar-refractivity contribution is 6.35. The van der Waals surface area contributed by atoms with Crippen LogP contribution < -0.4 is 4.74 Å². The normalized spacial score (nSPS) is 10.8. The Morgan fingerprint density at radius 2 is 2.11 bits per heavy atom. The van der Waals surface area contributed by atoms with Gasteiger partial charge in [-0.15, -0.1) is 0 Å².